The molecule has 1 aromatic heterocycles. The van der Waals surface area contributed by atoms with Crippen molar-refractivity contribution in [2.75, 3.05) is 5.75 Å². The van der Waals surface area contributed by atoms with Crippen LogP contribution in [-0.2, 0) is 43.9 Å². The Bertz CT molecular complexity index is 2670. The van der Waals surface area contributed by atoms with Crippen LogP contribution in [-0.4, -0.2) is 57.5 Å². The first kappa shape index (κ1) is 42.7. The summed E-state index contributed by atoms with van der Waals surface area (Å²) in [6, 6.07) is 48.1. The van der Waals surface area contributed by atoms with Crippen molar-refractivity contribution in [1.29, 1.82) is 0 Å². The molecule has 7 aromatic rings. The third-order valence-electron chi connectivity index (χ3n) is 10.6. The topological polar surface area (TPSA) is 158 Å². The van der Waals surface area contributed by atoms with Gasteiger partial charge in [0.15, 0.2) is 6.29 Å². The lowest BCUT2D eigenvalue weighted by atomic mass is 9.97. The summed E-state index contributed by atoms with van der Waals surface area (Å²) in [5.41, 5.74) is 7.97. The van der Waals surface area contributed by atoms with Crippen LogP contribution in [0.15, 0.2) is 168 Å². The normalized spacial score (nSPS) is 17.0. The maximum absolute atomic E-state index is 13.8. The Morgan fingerprint density at radius 3 is 2.21 bits per heavy atom. The van der Waals surface area contributed by atoms with E-state index in [2.05, 4.69) is 25.6 Å². The Hall–Kier alpha value is -6.00. The van der Waals surface area contributed by atoms with Gasteiger partial charge in [-0.3, -0.25) is 4.79 Å². The van der Waals surface area contributed by atoms with Crippen molar-refractivity contribution in [2.24, 2.45) is 0 Å². The number of aryl methyl sites for hydroxylation is 1. The standard InChI is InChI=1S/C48H46N6O6S2/c1-33-16-26-42(27-17-33)62(57,58)51-44(28-34-10-4-2-5-11-34)46(56)49-30-39-12-8-9-15-43(39)36-22-24-38(25-23-36)47-59-41(29-45(60-47)37-20-18-35(31-55)19-21-37)32-61-48-50-52-53-54(48)40-13-6-3-7-14-40/h2-27,41,44-45,47,51,55H,28-32H2,1H3,(H,49,56)/t41-,44+,45+,47+/m0/s1. The fourth-order valence-corrected chi connectivity index (χ4v) is 9.39. The summed E-state index contributed by atoms with van der Waals surface area (Å²) < 4.78 is 44.5. The molecule has 1 aliphatic rings. The second-order valence-electron chi connectivity index (χ2n) is 15.0. The quantitative estimate of drug-likeness (QED) is 0.0824. The molecule has 3 N–H and O–H groups in total. The lowest BCUT2D eigenvalue weighted by Gasteiger charge is -2.36. The Labute approximate surface area is 365 Å². The minimum atomic E-state index is -3.99. The van der Waals surface area contributed by atoms with Crippen molar-refractivity contribution in [3.63, 3.8) is 0 Å². The molecule has 6 aromatic carbocycles. The number of amides is 1. The molecule has 1 amide bonds. The van der Waals surface area contributed by atoms with Crippen molar-refractivity contribution in [3.8, 4) is 16.8 Å². The van der Waals surface area contributed by atoms with Crippen LogP contribution < -0.4 is 10.0 Å². The number of aliphatic hydroxyl groups excluding tert-OH is 1. The molecule has 316 valence electrons. The minimum absolute atomic E-state index is 0.0420. The second-order valence-corrected chi connectivity index (χ2v) is 17.7. The van der Waals surface area contributed by atoms with Crippen molar-refractivity contribution >= 4 is 27.7 Å². The third-order valence-corrected chi connectivity index (χ3v) is 13.2. The number of hydrogen-bond acceptors (Lipinski definition) is 10. The van der Waals surface area contributed by atoms with Gasteiger partial charge in [0, 0.05) is 24.3 Å². The number of sulfonamides is 1. The zero-order chi connectivity index (χ0) is 42.9. The molecule has 2 heterocycles. The van der Waals surface area contributed by atoms with Gasteiger partial charge in [-0.05, 0) is 81.4 Å². The van der Waals surface area contributed by atoms with Gasteiger partial charge in [0.1, 0.15) is 6.04 Å². The SMILES string of the molecule is Cc1ccc(S(=O)(=O)N[C@H](Cc2ccccc2)C(=O)NCc2ccccc2-c2ccc([C@@H]3O[C@H](CSc4nnnn4-c4ccccc4)C[C@H](c4ccc(CO)cc4)O3)cc2)cc1. The second kappa shape index (κ2) is 19.8. The predicted molar refractivity (Wildman–Crippen MR) is 237 cm³/mol. The van der Waals surface area contributed by atoms with E-state index >= 15 is 0 Å². The predicted octanol–water partition coefficient (Wildman–Crippen LogP) is 7.67. The van der Waals surface area contributed by atoms with E-state index < -0.39 is 28.3 Å². The number of nitrogens with zero attached hydrogens (tertiary/aromatic N) is 4. The first-order valence-corrected chi connectivity index (χ1v) is 22.8. The van der Waals surface area contributed by atoms with E-state index in [0.29, 0.717) is 17.3 Å². The Balaban J connectivity index is 0.981. The number of aromatic nitrogens is 4. The van der Waals surface area contributed by atoms with Crippen molar-refractivity contribution < 1.29 is 27.8 Å². The summed E-state index contributed by atoms with van der Waals surface area (Å²) in [7, 11) is -3.99. The van der Waals surface area contributed by atoms with Gasteiger partial charge in [-0.2, -0.15) is 9.40 Å². The van der Waals surface area contributed by atoms with Crippen LogP contribution in [0, 0.1) is 6.92 Å². The van der Waals surface area contributed by atoms with Gasteiger partial charge in [-0.15, -0.1) is 5.10 Å². The number of ether oxygens (including phenoxy) is 2. The first-order chi connectivity index (χ1) is 30.2. The van der Waals surface area contributed by atoms with Crippen LogP contribution in [0.5, 0.6) is 0 Å². The molecule has 14 heteroatoms. The van der Waals surface area contributed by atoms with Gasteiger partial charge in [0.25, 0.3) is 0 Å². The van der Waals surface area contributed by atoms with E-state index in [9.17, 15) is 18.3 Å². The lowest BCUT2D eigenvalue weighted by Crippen LogP contribution is -2.47. The fourth-order valence-electron chi connectivity index (χ4n) is 7.28. The van der Waals surface area contributed by atoms with Crippen LogP contribution in [0.2, 0.25) is 0 Å². The Kier molecular flexibility index (Phi) is 13.6. The monoisotopic (exact) mass is 866 g/mol. The van der Waals surface area contributed by atoms with Gasteiger partial charge in [0.2, 0.25) is 21.1 Å². The van der Waals surface area contributed by atoms with Crippen LogP contribution in [0.25, 0.3) is 16.8 Å². The molecule has 0 aliphatic carbocycles. The largest absolute Gasteiger partial charge is 0.392 e. The van der Waals surface area contributed by atoms with E-state index in [1.54, 1.807) is 16.8 Å². The zero-order valence-corrected chi connectivity index (χ0v) is 35.6. The van der Waals surface area contributed by atoms with Gasteiger partial charge in [0.05, 0.1) is 29.4 Å². The molecule has 1 fully saturated rings. The van der Waals surface area contributed by atoms with Crippen LogP contribution in [0.4, 0.5) is 0 Å². The summed E-state index contributed by atoms with van der Waals surface area (Å²) in [6.07, 6.45) is -0.374. The van der Waals surface area contributed by atoms with E-state index in [4.69, 9.17) is 9.47 Å². The maximum atomic E-state index is 13.8. The van der Waals surface area contributed by atoms with Gasteiger partial charge in [-0.1, -0.05) is 151 Å². The number of benzene rings is 6. The molecule has 12 nitrogen and oxygen atoms in total. The Morgan fingerprint density at radius 1 is 0.806 bits per heavy atom. The number of para-hydroxylation sites is 1. The average Bonchev–Trinajstić information content (AvgIpc) is 3.79. The minimum Gasteiger partial charge on any atom is -0.392 e. The molecule has 0 unspecified atom stereocenters. The van der Waals surface area contributed by atoms with Crippen molar-refractivity contribution in [1.82, 2.24) is 30.2 Å². The van der Waals surface area contributed by atoms with Gasteiger partial charge in [-0.25, -0.2) is 8.42 Å². The fraction of sp³-hybridized carbons (Fsp3) is 0.208. The Morgan fingerprint density at radius 2 is 1.48 bits per heavy atom. The highest BCUT2D eigenvalue weighted by atomic mass is 32.2. The number of carbonyl (C=O) groups is 1. The third kappa shape index (κ3) is 10.5. The number of hydrogen-bond donors (Lipinski definition) is 3. The number of aliphatic hydroxyl groups is 1. The molecule has 0 bridgehead atoms. The van der Waals surface area contributed by atoms with Crippen LogP contribution in [0.1, 0.15) is 52.2 Å². The molecule has 4 atom stereocenters. The highest BCUT2D eigenvalue weighted by Gasteiger charge is 2.33. The van der Waals surface area contributed by atoms with Crippen LogP contribution in [0.3, 0.4) is 0 Å². The van der Waals surface area contributed by atoms with E-state index in [-0.39, 0.29) is 36.7 Å². The number of carbonyl (C=O) groups excluding carboxylic acids is 1. The average molecular weight is 867 g/mol. The van der Waals surface area contributed by atoms with E-state index in [1.165, 1.54) is 23.9 Å². The summed E-state index contributed by atoms with van der Waals surface area (Å²) >= 11 is 1.52. The number of tetrazole rings is 1. The molecule has 1 saturated heterocycles. The van der Waals surface area contributed by atoms with Gasteiger partial charge < -0.3 is 19.9 Å². The van der Waals surface area contributed by atoms with Crippen molar-refractivity contribution in [2.45, 2.75) is 67.5 Å². The number of nitrogens with one attached hydrogen (secondary N) is 2. The molecule has 0 saturated carbocycles. The number of thioether (sulfide) groups is 1. The molecule has 62 heavy (non-hydrogen) atoms. The molecule has 1 aliphatic heterocycles. The molecule has 8 rings (SSSR count). The highest BCUT2D eigenvalue weighted by molar-refractivity contribution is 7.99. The van der Waals surface area contributed by atoms with Crippen LogP contribution >= 0.6 is 11.8 Å². The van der Waals surface area contributed by atoms with E-state index in [1.807, 2.05) is 140 Å². The smallest absolute Gasteiger partial charge is 0.241 e. The summed E-state index contributed by atoms with van der Waals surface area (Å²) in [4.78, 5) is 13.9. The summed E-state index contributed by atoms with van der Waals surface area (Å²) in [5, 5.41) is 25.7. The molecule has 0 radical (unpaired) electrons. The maximum Gasteiger partial charge on any atom is 0.241 e. The molecular weight excluding hydrogens is 821 g/mol. The van der Waals surface area contributed by atoms with E-state index in [0.717, 1.165) is 50.2 Å². The summed E-state index contributed by atoms with van der Waals surface area (Å²) in [6.45, 7) is 2.02. The summed E-state index contributed by atoms with van der Waals surface area (Å²) in [5.74, 6) is 0.140. The van der Waals surface area contributed by atoms with Crippen molar-refractivity contribution in [3.05, 3.63) is 191 Å². The molecule has 0 spiro atoms. The zero-order valence-electron chi connectivity index (χ0n) is 33.9. The lowest BCUT2D eigenvalue weighted by molar-refractivity contribution is -0.245. The number of rotatable bonds is 16. The highest BCUT2D eigenvalue weighted by Crippen LogP contribution is 2.40. The first-order valence-electron chi connectivity index (χ1n) is 20.3. The van der Waals surface area contributed by atoms with Gasteiger partial charge >= 0.3 is 0 Å². The molecular formula is C48H46N6O6S2.